The van der Waals surface area contributed by atoms with Crippen LogP contribution >= 0.6 is 12.2 Å². The molecule has 8 nitrogen and oxygen atoms in total. The zero-order valence-electron chi connectivity index (χ0n) is 15.8. The third-order valence-corrected chi connectivity index (χ3v) is 6.35. The number of nitriles is 1. The Bertz CT molecular complexity index is 1200. The molecule has 148 valence electrons. The number of amides is 3. The summed E-state index contributed by atoms with van der Waals surface area (Å²) in [5, 5.41) is 13.5. The number of pyridine rings is 1. The second kappa shape index (κ2) is 6.68. The van der Waals surface area contributed by atoms with Gasteiger partial charge in [0.2, 0.25) is 0 Å². The maximum atomic E-state index is 13.4. The number of likely N-dealkylation sites (tertiary alicyclic amines) is 1. The first-order valence-electron chi connectivity index (χ1n) is 9.49. The number of hydrogen-bond donors (Lipinski definition) is 1. The fraction of sp³-hybridized carbons (Fsp3) is 0.286. The van der Waals surface area contributed by atoms with Gasteiger partial charge in [0.25, 0.3) is 5.91 Å². The van der Waals surface area contributed by atoms with E-state index in [-0.39, 0.29) is 24.0 Å². The second-order valence-electron chi connectivity index (χ2n) is 7.42. The van der Waals surface area contributed by atoms with E-state index in [2.05, 4.69) is 22.3 Å². The molecule has 2 unspecified atom stereocenters. The number of rotatable bonds is 2. The van der Waals surface area contributed by atoms with Crippen LogP contribution in [0.1, 0.15) is 12.0 Å². The number of aromatic nitrogens is 1. The third kappa shape index (κ3) is 2.39. The maximum absolute atomic E-state index is 13.4. The number of piperazine rings is 1. The monoisotopic (exact) mass is 416 g/mol. The SMILES string of the molecule is C#CCNC(=S)N1CC2CC1[C@@H]1C(=O)N(c3ccc(C#N)c4ncccc34)C(=O)N21. The van der Waals surface area contributed by atoms with Crippen molar-refractivity contribution in [2.24, 2.45) is 0 Å². The Labute approximate surface area is 178 Å². The fourth-order valence-corrected chi connectivity index (χ4v) is 5.07. The number of imide groups is 1. The van der Waals surface area contributed by atoms with Gasteiger partial charge in [0.15, 0.2) is 5.11 Å². The van der Waals surface area contributed by atoms with E-state index in [4.69, 9.17) is 18.6 Å². The van der Waals surface area contributed by atoms with Crippen LogP contribution in [0.4, 0.5) is 10.5 Å². The van der Waals surface area contributed by atoms with Crippen LogP contribution in [0, 0.1) is 23.7 Å². The van der Waals surface area contributed by atoms with Gasteiger partial charge < -0.3 is 15.1 Å². The zero-order chi connectivity index (χ0) is 21.0. The molecule has 3 fully saturated rings. The van der Waals surface area contributed by atoms with Crippen molar-refractivity contribution in [1.82, 2.24) is 20.1 Å². The molecule has 3 aliphatic heterocycles. The van der Waals surface area contributed by atoms with Gasteiger partial charge >= 0.3 is 6.03 Å². The number of benzene rings is 1. The summed E-state index contributed by atoms with van der Waals surface area (Å²) in [7, 11) is 0. The van der Waals surface area contributed by atoms with E-state index < -0.39 is 6.04 Å². The van der Waals surface area contributed by atoms with Crippen molar-refractivity contribution in [1.29, 1.82) is 5.26 Å². The first kappa shape index (κ1) is 18.3. The average molecular weight is 416 g/mol. The summed E-state index contributed by atoms with van der Waals surface area (Å²) in [6, 6.07) is 7.62. The number of thiocarbonyl (C=S) groups is 1. The van der Waals surface area contributed by atoms with Crippen molar-refractivity contribution in [2.45, 2.75) is 24.5 Å². The van der Waals surface area contributed by atoms with E-state index in [9.17, 15) is 14.9 Å². The lowest BCUT2D eigenvalue weighted by molar-refractivity contribution is -0.120. The van der Waals surface area contributed by atoms with Gasteiger partial charge in [0.05, 0.1) is 35.4 Å². The van der Waals surface area contributed by atoms with Gasteiger partial charge in [0.1, 0.15) is 12.1 Å². The van der Waals surface area contributed by atoms with E-state index in [0.29, 0.717) is 46.8 Å². The highest BCUT2D eigenvalue weighted by Crippen LogP contribution is 2.43. The molecule has 2 bridgehead atoms. The van der Waals surface area contributed by atoms with E-state index in [0.717, 1.165) is 0 Å². The molecule has 0 aliphatic carbocycles. The smallest absolute Gasteiger partial charge is 0.332 e. The van der Waals surface area contributed by atoms with E-state index in [1.807, 2.05) is 4.90 Å². The number of anilines is 1. The Kier molecular flexibility index (Phi) is 4.09. The molecule has 1 aromatic carbocycles. The van der Waals surface area contributed by atoms with Crippen molar-refractivity contribution < 1.29 is 9.59 Å². The van der Waals surface area contributed by atoms with Crippen LogP contribution in [0.3, 0.4) is 0 Å². The van der Waals surface area contributed by atoms with Gasteiger partial charge in [-0.25, -0.2) is 9.69 Å². The maximum Gasteiger partial charge on any atom is 0.332 e. The fourth-order valence-electron chi connectivity index (χ4n) is 4.78. The number of urea groups is 1. The summed E-state index contributed by atoms with van der Waals surface area (Å²) in [5.41, 5.74) is 1.31. The van der Waals surface area contributed by atoms with Gasteiger partial charge in [-0.2, -0.15) is 5.26 Å². The quantitative estimate of drug-likeness (QED) is 0.447. The van der Waals surface area contributed by atoms with Crippen molar-refractivity contribution >= 4 is 45.9 Å². The van der Waals surface area contributed by atoms with Crippen LogP contribution in [0.5, 0.6) is 0 Å². The van der Waals surface area contributed by atoms with E-state index in [1.54, 1.807) is 35.4 Å². The molecule has 3 atom stereocenters. The van der Waals surface area contributed by atoms with Crippen molar-refractivity contribution in [3.05, 3.63) is 36.0 Å². The molecule has 0 spiro atoms. The number of fused-ring (bicyclic) bond motifs is 6. The molecule has 0 radical (unpaired) electrons. The third-order valence-electron chi connectivity index (χ3n) is 5.98. The molecule has 3 aliphatic rings. The van der Waals surface area contributed by atoms with Gasteiger partial charge in [-0.3, -0.25) is 9.78 Å². The van der Waals surface area contributed by atoms with Crippen molar-refractivity contribution in [3.63, 3.8) is 0 Å². The van der Waals surface area contributed by atoms with Crippen LogP contribution in [-0.4, -0.2) is 63.0 Å². The minimum atomic E-state index is -0.593. The Balaban J connectivity index is 1.52. The number of nitrogens with zero attached hydrogens (tertiary/aromatic N) is 5. The number of hydrogen-bond acceptors (Lipinski definition) is 5. The van der Waals surface area contributed by atoms with Gasteiger partial charge in [-0.1, -0.05) is 5.92 Å². The molecule has 4 heterocycles. The molecule has 3 saturated heterocycles. The summed E-state index contributed by atoms with van der Waals surface area (Å²) in [6.45, 7) is 0.879. The van der Waals surface area contributed by atoms with E-state index >= 15 is 0 Å². The van der Waals surface area contributed by atoms with Gasteiger partial charge in [-0.15, -0.1) is 6.42 Å². The van der Waals surface area contributed by atoms with Crippen LogP contribution in [-0.2, 0) is 4.79 Å². The zero-order valence-corrected chi connectivity index (χ0v) is 16.6. The highest BCUT2D eigenvalue weighted by atomic mass is 32.1. The lowest BCUT2D eigenvalue weighted by Gasteiger charge is -2.36. The topological polar surface area (TPSA) is 92.6 Å². The standard InChI is InChI=1S/C21H16N6O2S/c1-2-7-24-20(30)25-11-13-9-16(25)18-19(28)27(21(29)26(13)18)15-6-5-12(10-22)17-14(15)4-3-8-23-17/h1,3-6,8,13,16,18H,7,9,11H2,(H,24,30)/t13?,16?,18-/m1/s1. The molecule has 5 rings (SSSR count). The Morgan fingerprint density at radius 2 is 2.20 bits per heavy atom. The molecule has 1 N–H and O–H groups in total. The second-order valence-corrected chi connectivity index (χ2v) is 7.81. The van der Waals surface area contributed by atoms with Gasteiger partial charge in [-0.05, 0) is 42.9 Å². The average Bonchev–Trinajstić information content (AvgIpc) is 3.43. The van der Waals surface area contributed by atoms with Crippen LogP contribution < -0.4 is 10.2 Å². The predicted molar refractivity (Wildman–Crippen MR) is 113 cm³/mol. The summed E-state index contributed by atoms with van der Waals surface area (Å²) in [6.07, 6.45) is 7.58. The largest absolute Gasteiger partial charge is 0.352 e. The molecular formula is C21H16N6O2S. The van der Waals surface area contributed by atoms with Crippen LogP contribution in [0.25, 0.3) is 10.9 Å². The van der Waals surface area contributed by atoms with E-state index in [1.165, 1.54) is 4.90 Å². The molecule has 1 aromatic heterocycles. The number of terminal acetylenes is 1. The molecule has 30 heavy (non-hydrogen) atoms. The Morgan fingerprint density at radius 3 is 2.97 bits per heavy atom. The minimum Gasteiger partial charge on any atom is -0.352 e. The highest BCUT2D eigenvalue weighted by Gasteiger charge is 2.62. The normalized spacial score (nSPS) is 24.2. The molecular weight excluding hydrogens is 400 g/mol. The van der Waals surface area contributed by atoms with Gasteiger partial charge in [0, 0.05) is 18.1 Å². The summed E-state index contributed by atoms with van der Waals surface area (Å²) < 4.78 is 0. The van der Waals surface area contributed by atoms with Crippen molar-refractivity contribution in [3.8, 4) is 18.4 Å². The number of nitrogens with one attached hydrogen (secondary N) is 1. The Hall–Kier alpha value is -3.69. The number of carbonyl (C=O) groups is 2. The molecule has 0 saturated carbocycles. The predicted octanol–water partition coefficient (Wildman–Crippen LogP) is 1.21. The minimum absolute atomic E-state index is 0.0881. The van der Waals surface area contributed by atoms with Crippen LogP contribution in [0.15, 0.2) is 30.5 Å². The summed E-state index contributed by atoms with van der Waals surface area (Å²) >= 11 is 5.44. The molecule has 9 heteroatoms. The first-order chi connectivity index (χ1) is 14.6. The highest BCUT2D eigenvalue weighted by molar-refractivity contribution is 7.80. The lowest BCUT2D eigenvalue weighted by Crippen LogP contribution is -2.56. The summed E-state index contributed by atoms with van der Waals surface area (Å²) in [5.74, 6) is 2.20. The van der Waals surface area contributed by atoms with Crippen molar-refractivity contribution in [2.75, 3.05) is 18.0 Å². The number of carbonyl (C=O) groups excluding carboxylic acids is 2. The van der Waals surface area contributed by atoms with Crippen LogP contribution in [0.2, 0.25) is 0 Å². The molecule has 3 amide bonds. The first-order valence-corrected chi connectivity index (χ1v) is 9.89. The lowest BCUT2D eigenvalue weighted by atomic mass is 10.1. The summed E-state index contributed by atoms with van der Waals surface area (Å²) in [4.78, 5) is 35.8. The Morgan fingerprint density at radius 1 is 1.37 bits per heavy atom. The molecule has 2 aromatic rings.